The summed E-state index contributed by atoms with van der Waals surface area (Å²) in [6, 6.07) is 7.45. The van der Waals surface area contributed by atoms with Gasteiger partial charge in [-0.25, -0.2) is 0 Å². The molecule has 0 radical (unpaired) electrons. The molecule has 0 aliphatic heterocycles. The molecule has 0 saturated carbocycles. The first-order valence-electron chi connectivity index (χ1n) is 5.68. The summed E-state index contributed by atoms with van der Waals surface area (Å²) >= 11 is 3.35. The molecule has 0 saturated heterocycles. The summed E-state index contributed by atoms with van der Waals surface area (Å²) in [4.78, 5) is 0. The summed E-state index contributed by atoms with van der Waals surface area (Å²) in [5.41, 5.74) is 0.543. The first-order valence-corrected chi connectivity index (χ1v) is 6.47. The van der Waals surface area contributed by atoms with Gasteiger partial charge in [-0.15, -0.1) is 0 Å². The van der Waals surface area contributed by atoms with E-state index in [1.54, 1.807) is 12.1 Å². The third-order valence-electron chi connectivity index (χ3n) is 2.19. The Bertz CT molecular complexity index is 387. The monoisotopic (exact) mass is 297 g/mol. The van der Waals surface area contributed by atoms with Crippen molar-refractivity contribution in [3.63, 3.8) is 0 Å². The summed E-state index contributed by atoms with van der Waals surface area (Å²) in [5, 5.41) is 8.91. The molecule has 0 N–H and O–H groups in total. The Balaban J connectivity index is 2.36. The molecule has 0 unspecified atom stereocenters. The predicted molar refractivity (Wildman–Crippen MR) is 70.1 cm³/mol. The zero-order valence-corrected chi connectivity index (χ0v) is 11.5. The van der Waals surface area contributed by atoms with Crippen molar-refractivity contribution in [2.24, 2.45) is 0 Å². The van der Waals surface area contributed by atoms with Crippen LogP contribution in [0.2, 0.25) is 0 Å². The topological polar surface area (TPSA) is 42.2 Å². The predicted octanol–water partition coefficient (Wildman–Crippen LogP) is 3.52. The van der Waals surface area contributed by atoms with E-state index in [1.165, 1.54) is 0 Å². The van der Waals surface area contributed by atoms with E-state index in [9.17, 15) is 0 Å². The van der Waals surface area contributed by atoms with Gasteiger partial charge in [-0.2, -0.15) is 5.26 Å². The van der Waals surface area contributed by atoms with Crippen molar-refractivity contribution < 1.29 is 9.47 Å². The molecule has 0 atom stereocenters. The Morgan fingerprint density at radius 3 is 2.82 bits per heavy atom. The summed E-state index contributed by atoms with van der Waals surface area (Å²) in [5.74, 6) is 0.598. The lowest BCUT2D eigenvalue weighted by atomic mass is 10.2. The minimum absolute atomic E-state index is 0.467. The Morgan fingerprint density at radius 2 is 2.12 bits per heavy atom. The molecule has 0 aliphatic rings. The van der Waals surface area contributed by atoms with Gasteiger partial charge in [0.15, 0.2) is 0 Å². The fourth-order valence-electron chi connectivity index (χ4n) is 1.27. The van der Waals surface area contributed by atoms with Crippen molar-refractivity contribution in [1.29, 1.82) is 5.26 Å². The second kappa shape index (κ2) is 8.10. The molecule has 1 aromatic carbocycles. The van der Waals surface area contributed by atoms with E-state index in [1.807, 2.05) is 6.07 Å². The fourth-order valence-corrected chi connectivity index (χ4v) is 1.61. The van der Waals surface area contributed by atoms with Crippen LogP contribution in [-0.2, 0) is 4.74 Å². The number of rotatable bonds is 7. The number of unbranched alkanes of at least 4 members (excludes halogenated alkanes) is 1. The van der Waals surface area contributed by atoms with Crippen LogP contribution >= 0.6 is 15.9 Å². The highest BCUT2D eigenvalue weighted by atomic mass is 79.9. The normalized spacial score (nSPS) is 9.94. The molecule has 3 nitrogen and oxygen atoms in total. The Morgan fingerprint density at radius 1 is 1.29 bits per heavy atom. The molecule has 0 spiro atoms. The highest BCUT2D eigenvalue weighted by Crippen LogP contribution is 2.22. The number of nitriles is 1. The molecule has 17 heavy (non-hydrogen) atoms. The van der Waals surface area contributed by atoms with Gasteiger partial charge in [0, 0.05) is 11.1 Å². The smallest absolute Gasteiger partial charge is 0.138 e. The third-order valence-corrected chi connectivity index (χ3v) is 2.68. The number of hydrogen-bond acceptors (Lipinski definition) is 3. The van der Waals surface area contributed by atoms with E-state index in [4.69, 9.17) is 14.7 Å². The van der Waals surface area contributed by atoms with Gasteiger partial charge in [-0.1, -0.05) is 29.3 Å². The highest BCUT2D eigenvalue weighted by Gasteiger charge is 2.03. The maximum absolute atomic E-state index is 8.91. The van der Waals surface area contributed by atoms with E-state index >= 15 is 0 Å². The second-order valence-electron chi connectivity index (χ2n) is 3.57. The van der Waals surface area contributed by atoms with Crippen LogP contribution in [0.4, 0.5) is 0 Å². The number of ether oxygens (including phenoxy) is 2. The van der Waals surface area contributed by atoms with Crippen molar-refractivity contribution >= 4 is 15.9 Å². The van der Waals surface area contributed by atoms with Crippen LogP contribution in [0.3, 0.4) is 0 Å². The molecule has 4 heteroatoms. The lowest BCUT2D eigenvalue weighted by Gasteiger charge is -2.08. The number of nitrogens with zero attached hydrogens (tertiary/aromatic N) is 1. The van der Waals surface area contributed by atoms with Crippen LogP contribution < -0.4 is 4.74 Å². The molecular weight excluding hydrogens is 282 g/mol. The molecule has 1 rings (SSSR count). The van der Waals surface area contributed by atoms with Crippen LogP contribution in [0.15, 0.2) is 22.7 Å². The zero-order valence-electron chi connectivity index (χ0n) is 9.91. The maximum Gasteiger partial charge on any atom is 0.138 e. The second-order valence-corrected chi connectivity index (χ2v) is 4.48. The van der Waals surface area contributed by atoms with Gasteiger partial charge in [0.1, 0.15) is 18.4 Å². The van der Waals surface area contributed by atoms with Crippen LogP contribution in [0.5, 0.6) is 5.75 Å². The van der Waals surface area contributed by atoms with Crippen LogP contribution in [0, 0.1) is 11.3 Å². The zero-order chi connectivity index (χ0) is 12.5. The average molecular weight is 298 g/mol. The van der Waals surface area contributed by atoms with E-state index in [2.05, 4.69) is 28.9 Å². The van der Waals surface area contributed by atoms with Crippen molar-refractivity contribution in [3.8, 4) is 11.8 Å². The van der Waals surface area contributed by atoms with Gasteiger partial charge in [0.2, 0.25) is 0 Å². The van der Waals surface area contributed by atoms with Gasteiger partial charge < -0.3 is 9.47 Å². The first kappa shape index (κ1) is 14.0. The van der Waals surface area contributed by atoms with Crippen molar-refractivity contribution in [3.05, 3.63) is 28.2 Å². The minimum atomic E-state index is 0.467. The molecule has 0 aliphatic carbocycles. The quantitative estimate of drug-likeness (QED) is 0.723. The van der Waals surface area contributed by atoms with Gasteiger partial charge in [-0.05, 0) is 24.6 Å². The summed E-state index contributed by atoms with van der Waals surface area (Å²) in [6.45, 7) is 3.91. The molecule has 92 valence electrons. The summed E-state index contributed by atoms with van der Waals surface area (Å²) < 4.78 is 11.8. The van der Waals surface area contributed by atoms with Gasteiger partial charge >= 0.3 is 0 Å². The van der Waals surface area contributed by atoms with Crippen molar-refractivity contribution in [2.45, 2.75) is 19.8 Å². The van der Waals surface area contributed by atoms with E-state index in [0.717, 1.165) is 23.9 Å². The van der Waals surface area contributed by atoms with Crippen molar-refractivity contribution in [2.75, 3.05) is 19.8 Å². The summed E-state index contributed by atoms with van der Waals surface area (Å²) in [6.07, 6.45) is 2.20. The summed E-state index contributed by atoms with van der Waals surface area (Å²) in [7, 11) is 0. The molecule has 0 amide bonds. The average Bonchev–Trinajstić information content (AvgIpc) is 2.34. The lowest BCUT2D eigenvalue weighted by molar-refractivity contribution is 0.0979. The molecular formula is C13H16BrNO2. The maximum atomic E-state index is 8.91. The Kier molecular flexibility index (Phi) is 6.68. The van der Waals surface area contributed by atoms with Crippen LogP contribution in [0.1, 0.15) is 25.3 Å². The van der Waals surface area contributed by atoms with Gasteiger partial charge in [0.25, 0.3) is 0 Å². The molecule has 0 aromatic heterocycles. The fraction of sp³-hybridized carbons (Fsp3) is 0.462. The SMILES string of the molecule is CCCCOCCOc1cc(Br)ccc1C#N. The third kappa shape index (κ3) is 5.20. The molecule has 0 fully saturated rings. The molecule has 1 aromatic rings. The van der Waals surface area contributed by atoms with Crippen molar-refractivity contribution in [1.82, 2.24) is 0 Å². The highest BCUT2D eigenvalue weighted by molar-refractivity contribution is 9.10. The van der Waals surface area contributed by atoms with E-state index in [-0.39, 0.29) is 0 Å². The largest absolute Gasteiger partial charge is 0.490 e. The first-order chi connectivity index (χ1) is 8.27. The van der Waals surface area contributed by atoms with Crippen LogP contribution in [0.25, 0.3) is 0 Å². The number of hydrogen-bond donors (Lipinski definition) is 0. The standard InChI is InChI=1S/C13H16BrNO2/c1-2-3-6-16-7-8-17-13-9-12(14)5-4-11(13)10-15/h4-5,9H,2-3,6-8H2,1H3. The Labute approximate surface area is 110 Å². The molecule has 0 bridgehead atoms. The van der Waals surface area contributed by atoms with E-state index < -0.39 is 0 Å². The van der Waals surface area contributed by atoms with E-state index in [0.29, 0.717) is 24.5 Å². The number of halogens is 1. The minimum Gasteiger partial charge on any atom is -0.490 e. The Hall–Kier alpha value is -1.05. The molecule has 0 heterocycles. The number of benzene rings is 1. The van der Waals surface area contributed by atoms with Gasteiger partial charge in [0.05, 0.1) is 12.2 Å². The van der Waals surface area contributed by atoms with Crippen LogP contribution in [-0.4, -0.2) is 19.8 Å². The lowest BCUT2D eigenvalue weighted by Crippen LogP contribution is -2.08. The van der Waals surface area contributed by atoms with Gasteiger partial charge in [-0.3, -0.25) is 0 Å².